The Morgan fingerprint density at radius 1 is 1.26 bits per heavy atom. The molecule has 2 N–H and O–H groups in total. The quantitative estimate of drug-likeness (QED) is 0.790. The van der Waals surface area contributed by atoms with Crippen LogP contribution >= 0.6 is 0 Å². The summed E-state index contributed by atoms with van der Waals surface area (Å²) < 4.78 is 19.3. The van der Waals surface area contributed by atoms with E-state index >= 15 is 0 Å². The van der Waals surface area contributed by atoms with Crippen LogP contribution in [0.25, 0.3) is 10.8 Å². The molecule has 1 aromatic heterocycles. The van der Waals surface area contributed by atoms with Crippen molar-refractivity contribution in [2.24, 2.45) is 0 Å². The van der Waals surface area contributed by atoms with Gasteiger partial charge in [0.15, 0.2) is 5.82 Å². The molecule has 0 bridgehead atoms. The molecule has 8 nitrogen and oxygen atoms in total. The zero-order valence-corrected chi connectivity index (χ0v) is 14.9. The number of morpholine rings is 1. The Hall–Kier alpha value is -2.52. The highest BCUT2D eigenvalue weighted by Crippen LogP contribution is 2.24. The van der Waals surface area contributed by atoms with E-state index in [1.807, 2.05) is 9.80 Å². The summed E-state index contributed by atoms with van der Waals surface area (Å²) in [7, 11) is 0. The van der Waals surface area contributed by atoms with Crippen molar-refractivity contribution < 1.29 is 13.9 Å². The van der Waals surface area contributed by atoms with Crippen LogP contribution in [0.1, 0.15) is 6.42 Å². The minimum absolute atomic E-state index is 0.0877. The van der Waals surface area contributed by atoms with Crippen molar-refractivity contribution in [3.05, 3.63) is 34.4 Å². The van der Waals surface area contributed by atoms with Gasteiger partial charge in [0.2, 0.25) is 5.91 Å². The van der Waals surface area contributed by atoms with E-state index < -0.39 is 11.4 Å². The molecule has 2 aromatic rings. The first-order chi connectivity index (χ1) is 13.1. The van der Waals surface area contributed by atoms with Gasteiger partial charge in [-0.2, -0.15) is 5.10 Å². The summed E-state index contributed by atoms with van der Waals surface area (Å²) in [6.45, 7) is 4.59. The smallest absolute Gasteiger partial charge is 0.272 e. The van der Waals surface area contributed by atoms with Gasteiger partial charge in [0.25, 0.3) is 5.56 Å². The van der Waals surface area contributed by atoms with Gasteiger partial charge in [0.05, 0.1) is 24.5 Å². The van der Waals surface area contributed by atoms with Crippen molar-refractivity contribution in [3.8, 4) is 0 Å². The van der Waals surface area contributed by atoms with Gasteiger partial charge in [0, 0.05) is 44.7 Å². The zero-order valence-electron chi connectivity index (χ0n) is 14.9. The first-order valence-electron chi connectivity index (χ1n) is 9.15. The average Bonchev–Trinajstić information content (AvgIpc) is 2.69. The van der Waals surface area contributed by atoms with Crippen molar-refractivity contribution in [3.63, 3.8) is 0 Å². The lowest BCUT2D eigenvalue weighted by Gasteiger charge is -2.35. The molecule has 2 fully saturated rings. The lowest BCUT2D eigenvalue weighted by Crippen LogP contribution is -2.49. The number of aromatic amines is 1. The highest BCUT2D eigenvalue weighted by atomic mass is 19.1. The Labute approximate surface area is 155 Å². The summed E-state index contributed by atoms with van der Waals surface area (Å²) >= 11 is 0. The third kappa shape index (κ3) is 3.79. The molecule has 0 spiro atoms. The van der Waals surface area contributed by atoms with E-state index in [1.165, 1.54) is 12.1 Å². The molecule has 2 saturated heterocycles. The summed E-state index contributed by atoms with van der Waals surface area (Å²) in [6, 6.07) is 4.10. The van der Waals surface area contributed by atoms with E-state index in [0.29, 0.717) is 50.4 Å². The molecule has 0 radical (unpaired) electrons. The predicted molar refractivity (Wildman–Crippen MR) is 98.3 cm³/mol. The van der Waals surface area contributed by atoms with E-state index in [-0.39, 0.29) is 17.4 Å². The maximum atomic E-state index is 13.5. The number of benzene rings is 1. The molecule has 27 heavy (non-hydrogen) atoms. The number of nitrogens with zero attached hydrogens (tertiary/aromatic N) is 3. The summed E-state index contributed by atoms with van der Waals surface area (Å²) in [5, 5.41) is 10.7. The second-order valence-corrected chi connectivity index (χ2v) is 6.84. The van der Waals surface area contributed by atoms with Gasteiger partial charge in [0.1, 0.15) is 5.82 Å². The van der Waals surface area contributed by atoms with Gasteiger partial charge >= 0.3 is 0 Å². The zero-order chi connectivity index (χ0) is 18.8. The number of hydrogen-bond acceptors (Lipinski definition) is 6. The van der Waals surface area contributed by atoms with Crippen LogP contribution in [0.2, 0.25) is 0 Å². The van der Waals surface area contributed by atoms with Gasteiger partial charge in [-0.05, 0) is 18.2 Å². The predicted octanol–water partition coefficient (Wildman–Crippen LogP) is 0.0893. The molecular weight excluding hydrogens is 353 g/mol. The Morgan fingerprint density at radius 2 is 2.07 bits per heavy atom. The Kier molecular flexibility index (Phi) is 5.04. The number of anilines is 1. The molecular formula is C18H22FN5O3. The van der Waals surface area contributed by atoms with E-state index in [0.717, 1.165) is 13.1 Å². The lowest BCUT2D eigenvalue weighted by atomic mass is 10.1. The van der Waals surface area contributed by atoms with Gasteiger partial charge in [-0.15, -0.1) is 0 Å². The molecule has 9 heteroatoms. The number of aromatic nitrogens is 2. The normalized spacial score (nSPS) is 20.9. The minimum atomic E-state index is -0.466. The summed E-state index contributed by atoms with van der Waals surface area (Å²) in [6.07, 6.45) is 0.0669. The number of nitrogens with one attached hydrogen (secondary N) is 2. The molecule has 0 saturated carbocycles. The fourth-order valence-electron chi connectivity index (χ4n) is 3.64. The molecule has 2 aliphatic rings. The van der Waals surface area contributed by atoms with E-state index in [4.69, 9.17) is 4.74 Å². The number of ether oxygens (including phenoxy) is 1. The van der Waals surface area contributed by atoms with Crippen molar-refractivity contribution in [2.75, 3.05) is 50.8 Å². The monoisotopic (exact) mass is 375 g/mol. The molecule has 144 valence electrons. The first-order valence-corrected chi connectivity index (χ1v) is 9.15. The van der Waals surface area contributed by atoms with Crippen molar-refractivity contribution in [1.29, 1.82) is 0 Å². The van der Waals surface area contributed by atoms with Crippen LogP contribution in [-0.2, 0) is 9.53 Å². The van der Waals surface area contributed by atoms with E-state index in [9.17, 15) is 14.0 Å². The fraction of sp³-hybridized carbons (Fsp3) is 0.500. The molecule has 2 aliphatic heterocycles. The molecule has 0 unspecified atom stereocenters. The average molecular weight is 375 g/mol. The summed E-state index contributed by atoms with van der Waals surface area (Å²) in [4.78, 5) is 28.3. The Balaban J connectivity index is 1.51. The number of carbonyl (C=O) groups is 1. The van der Waals surface area contributed by atoms with Crippen LogP contribution in [0.3, 0.4) is 0 Å². The number of fused-ring (bicyclic) bond motifs is 1. The summed E-state index contributed by atoms with van der Waals surface area (Å²) in [5.41, 5.74) is -0.424. The number of halogens is 1. The Bertz CT molecular complexity index is 896. The molecule has 4 rings (SSSR count). The minimum Gasteiger partial charge on any atom is -0.374 e. The molecule has 1 atom stereocenters. The number of H-pyrrole nitrogens is 1. The molecule has 1 aromatic carbocycles. The SMILES string of the molecule is O=C(C[C@@H]1CN(c2n[nH]c(=O)c3cc(F)ccc23)CCO1)N1CCNCC1. The number of amides is 1. The maximum Gasteiger partial charge on any atom is 0.272 e. The van der Waals surface area contributed by atoms with Crippen LogP contribution in [0, 0.1) is 5.82 Å². The second kappa shape index (κ2) is 7.61. The van der Waals surface area contributed by atoms with Crippen LogP contribution in [0.4, 0.5) is 10.2 Å². The third-order valence-corrected chi connectivity index (χ3v) is 5.04. The van der Waals surface area contributed by atoms with Crippen molar-refractivity contribution in [2.45, 2.75) is 12.5 Å². The molecule has 3 heterocycles. The van der Waals surface area contributed by atoms with E-state index in [2.05, 4.69) is 15.5 Å². The number of hydrogen-bond donors (Lipinski definition) is 2. The Morgan fingerprint density at radius 3 is 2.89 bits per heavy atom. The van der Waals surface area contributed by atoms with Crippen molar-refractivity contribution in [1.82, 2.24) is 20.4 Å². The van der Waals surface area contributed by atoms with Gasteiger partial charge < -0.3 is 19.9 Å². The van der Waals surface area contributed by atoms with Gasteiger partial charge in [-0.25, -0.2) is 9.49 Å². The van der Waals surface area contributed by atoms with Crippen LogP contribution in [0.15, 0.2) is 23.0 Å². The van der Waals surface area contributed by atoms with Crippen LogP contribution < -0.4 is 15.8 Å². The maximum absolute atomic E-state index is 13.5. The highest BCUT2D eigenvalue weighted by Gasteiger charge is 2.27. The molecule has 1 amide bonds. The fourth-order valence-corrected chi connectivity index (χ4v) is 3.64. The van der Waals surface area contributed by atoms with Crippen LogP contribution in [-0.4, -0.2) is 73.0 Å². The number of carbonyl (C=O) groups excluding carboxylic acids is 1. The van der Waals surface area contributed by atoms with Gasteiger partial charge in [-0.1, -0.05) is 0 Å². The van der Waals surface area contributed by atoms with Crippen LogP contribution in [0.5, 0.6) is 0 Å². The van der Waals surface area contributed by atoms with E-state index in [1.54, 1.807) is 6.07 Å². The lowest BCUT2D eigenvalue weighted by molar-refractivity contribution is -0.135. The standard InChI is InChI=1S/C18H22FN5O3/c19-12-1-2-14-15(9-12)18(26)22-21-17(14)24-7-8-27-13(11-24)10-16(25)23-5-3-20-4-6-23/h1-2,9,13,20H,3-8,10-11H2,(H,22,26)/t13-/m1/s1. The molecule has 0 aliphatic carbocycles. The van der Waals surface area contributed by atoms with Gasteiger partial charge in [-0.3, -0.25) is 9.59 Å². The number of piperazine rings is 1. The topological polar surface area (TPSA) is 90.6 Å². The number of rotatable bonds is 3. The third-order valence-electron chi connectivity index (χ3n) is 5.04. The largest absolute Gasteiger partial charge is 0.374 e. The highest BCUT2D eigenvalue weighted by molar-refractivity contribution is 5.91. The first kappa shape index (κ1) is 17.9. The van der Waals surface area contributed by atoms with Crippen molar-refractivity contribution >= 4 is 22.5 Å². The second-order valence-electron chi connectivity index (χ2n) is 6.84. The summed E-state index contributed by atoms with van der Waals surface area (Å²) in [5.74, 6) is 0.198.